The van der Waals surface area contributed by atoms with Crippen LogP contribution in [-0.2, 0) is 10.2 Å². The Morgan fingerprint density at radius 3 is 2.65 bits per heavy atom. The molecule has 0 saturated heterocycles. The zero-order valence-corrected chi connectivity index (χ0v) is 12.1. The maximum atomic E-state index is 12.5. The standard InChI is InChI=1S/C16H21NO3/c1-3-11(2)17-15(18)16(6-7-16)12-4-5-13-14(10-12)20-9-8-19-13/h4-5,10-11H,3,6-9H2,1-2H3,(H,17,18). The number of benzene rings is 1. The Hall–Kier alpha value is -1.71. The lowest BCUT2D eigenvalue weighted by Crippen LogP contribution is -2.39. The monoisotopic (exact) mass is 275 g/mol. The maximum absolute atomic E-state index is 12.5. The van der Waals surface area contributed by atoms with E-state index in [1.807, 2.05) is 25.1 Å². The zero-order chi connectivity index (χ0) is 14.2. The molecule has 1 aliphatic carbocycles. The molecular formula is C16H21NO3. The van der Waals surface area contributed by atoms with Crippen LogP contribution in [0.15, 0.2) is 18.2 Å². The minimum Gasteiger partial charge on any atom is -0.486 e. The van der Waals surface area contributed by atoms with E-state index in [-0.39, 0.29) is 17.4 Å². The van der Waals surface area contributed by atoms with E-state index in [1.54, 1.807) is 0 Å². The zero-order valence-electron chi connectivity index (χ0n) is 12.1. The smallest absolute Gasteiger partial charge is 0.230 e. The van der Waals surface area contributed by atoms with Crippen LogP contribution < -0.4 is 14.8 Å². The predicted molar refractivity (Wildman–Crippen MR) is 76.2 cm³/mol. The second-order valence-corrected chi connectivity index (χ2v) is 5.72. The molecule has 2 aliphatic rings. The molecule has 1 N–H and O–H groups in total. The van der Waals surface area contributed by atoms with Crippen LogP contribution in [-0.4, -0.2) is 25.2 Å². The highest BCUT2D eigenvalue weighted by atomic mass is 16.6. The van der Waals surface area contributed by atoms with Gasteiger partial charge in [-0.15, -0.1) is 0 Å². The van der Waals surface area contributed by atoms with Gasteiger partial charge in [-0.05, 0) is 43.9 Å². The van der Waals surface area contributed by atoms with Gasteiger partial charge in [0.15, 0.2) is 11.5 Å². The van der Waals surface area contributed by atoms with Gasteiger partial charge in [0.05, 0.1) is 5.41 Å². The number of hydrogen-bond donors (Lipinski definition) is 1. The summed E-state index contributed by atoms with van der Waals surface area (Å²) in [7, 11) is 0. The predicted octanol–water partition coefficient (Wildman–Crippen LogP) is 2.40. The number of carbonyl (C=O) groups excluding carboxylic acids is 1. The molecule has 4 nitrogen and oxygen atoms in total. The minimum absolute atomic E-state index is 0.142. The van der Waals surface area contributed by atoms with Crippen molar-refractivity contribution in [1.29, 1.82) is 0 Å². The molecule has 1 fully saturated rings. The number of rotatable bonds is 4. The molecule has 0 radical (unpaired) electrons. The van der Waals surface area contributed by atoms with E-state index in [0.29, 0.717) is 13.2 Å². The first-order valence-electron chi connectivity index (χ1n) is 7.37. The van der Waals surface area contributed by atoms with Crippen LogP contribution in [0.4, 0.5) is 0 Å². The fourth-order valence-corrected chi connectivity index (χ4v) is 2.58. The van der Waals surface area contributed by atoms with Crippen LogP contribution in [0.2, 0.25) is 0 Å². The molecule has 0 bridgehead atoms. The number of ether oxygens (including phenoxy) is 2. The lowest BCUT2D eigenvalue weighted by atomic mass is 9.94. The van der Waals surface area contributed by atoms with Crippen LogP contribution in [0.25, 0.3) is 0 Å². The summed E-state index contributed by atoms with van der Waals surface area (Å²) in [6.07, 6.45) is 2.77. The van der Waals surface area contributed by atoms with Gasteiger partial charge in [-0.3, -0.25) is 4.79 Å². The van der Waals surface area contributed by atoms with Gasteiger partial charge in [-0.25, -0.2) is 0 Å². The third kappa shape index (κ3) is 2.23. The lowest BCUT2D eigenvalue weighted by Gasteiger charge is -2.22. The van der Waals surface area contributed by atoms with E-state index in [1.165, 1.54) is 0 Å². The van der Waals surface area contributed by atoms with Crippen molar-refractivity contribution in [2.24, 2.45) is 0 Å². The summed E-state index contributed by atoms with van der Waals surface area (Å²) in [5.41, 5.74) is 0.696. The molecule has 4 heteroatoms. The van der Waals surface area contributed by atoms with E-state index in [9.17, 15) is 4.79 Å². The largest absolute Gasteiger partial charge is 0.486 e. The maximum Gasteiger partial charge on any atom is 0.230 e. The van der Waals surface area contributed by atoms with Crippen molar-refractivity contribution in [1.82, 2.24) is 5.32 Å². The number of amides is 1. The van der Waals surface area contributed by atoms with Crippen LogP contribution in [0.5, 0.6) is 11.5 Å². The van der Waals surface area contributed by atoms with E-state index in [2.05, 4.69) is 12.2 Å². The number of hydrogen-bond acceptors (Lipinski definition) is 3. The third-order valence-electron chi connectivity index (χ3n) is 4.27. The summed E-state index contributed by atoms with van der Waals surface area (Å²) < 4.78 is 11.1. The van der Waals surface area contributed by atoms with Gasteiger partial charge >= 0.3 is 0 Å². The average molecular weight is 275 g/mol. The lowest BCUT2D eigenvalue weighted by molar-refractivity contribution is -0.124. The van der Waals surface area contributed by atoms with E-state index < -0.39 is 0 Å². The van der Waals surface area contributed by atoms with Gasteiger partial charge in [0.1, 0.15) is 13.2 Å². The molecule has 108 valence electrons. The van der Waals surface area contributed by atoms with Gasteiger partial charge < -0.3 is 14.8 Å². The Morgan fingerprint density at radius 2 is 2.00 bits per heavy atom. The van der Waals surface area contributed by atoms with Gasteiger partial charge in [0, 0.05) is 6.04 Å². The molecule has 1 heterocycles. The highest BCUT2D eigenvalue weighted by Gasteiger charge is 2.51. The van der Waals surface area contributed by atoms with Crippen molar-refractivity contribution in [3.8, 4) is 11.5 Å². The van der Waals surface area contributed by atoms with Crippen molar-refractivity contribution in [2.75, 3.05) is 13.2 Å². The number of carbonyl (C=O) groups is 1. The Labute approximate surface area is 119 Å². The van der Waals surface area contributed by atoms with Crippen molar-refractivity contribution in [3.05, 3.63) is 23.8 Å². The van der Waals surface area contributed by atoms with Gasteiger partial charge in [-0.1, -0.05) is 13.0 Å². The summed E-state index contributed by atoms with van der Waals surface area (Å²) in [4.78, 5) is 12.5. The SMILES string of the molecule is CCC(C)NC(=O)C1(c2ccc3c(c2)OCCO3)CC1. The van der Waals surface area contributed by atoms with Crippen molar-refractivity contribution in [2.45, 2.75) is 44.6 Å². The number of nitrogens with one attached hydrogen (secondary N) is 1. The summed E-state index contributed by atoms with van der Waals surface area (Å²) in [5.74, 6) is 1.68. The molecule has 0 aromatic heterocycles. The third-order valence-corrected chi connectivity index (χ3v) is 4.27. The summed E-state index contributed by atoms with van der Waals surface area (Å²) >= 11 is 0. The fraction of sp³-hybridized carbons (Fsp3) is 0.562. The molecule has 0 spiro atoms. The Balaban J connectivity index is 1.83. The molecule has 1 atom stereocenters. The van der Waals surface area contributed by atoms with Crippen LogP contribution in [0.1, 0.15) is 38.7 Å². The minimum atomic E-state index is -0.348. The Kier molecular flexibility index (Phi) is 3.32. The van der Waals surface area contributed by atoms with E-state index >= 15 is 0 Å². The van der Waals surface area contributed by atoms with Crippen LogP contribution in [0.3, 0.4) is 0 Å². The van der Waals surface area contributed by atoms with Crippen LogP contribution >= 0.6 is 0 Å². The van der Waals surface area contributed by atoms with E-state index in [4.69, 9.17) is 9.47 Å². The quantitative estimate of drug-likeness (QED) is 0.918. The Morgan fingerprint density at radius 1 is 1.30 bits per heavy atom. The van der Waals surface area contributed by atoms with E-state index in [0.717, 1.165) is 36.3 Å². The van der Waals surface area contributed by atoms with Gasteiger partial charge in [-0.2, -0.15) is 0 Å². The molecule has 1 unspecified atom stereocenters. The fourth-order valence-electron chi connectivity index (χ4n) is 2.58. The first-order valence-corrected chi connectivity index (χ1v) is 7.37. The molecule has 1 aromatic rings. The molecule has 1 aliphatic heterocycles. The molecule has 3 rings (SSSR count). The average Bonchev–Trinajstić information content (AvgIpc) is 3.28. The summed E-state index contributed by atoms with van der Waals surface area (Å²) in [6, 6.07) is 6.10. The topological polar surface area (TPSA) is 47.6 Å². The second-order valence-electron chi connectivity index (χ2n) is 5.72. The highest BCUT2D eigenvalue weighted by Crippen LogP contribution is 2.50. The second kappa shape index (κ2) is 5.00. The Bertz CT molecular complexity index is 522. The van der Waals surface area contributed by atoms with Crippen molar-refractivity contribution < 1.29 is 14.3 Å². The normalized spacial score (nSPS) is 20.1. The van der Waals surface area contributed by atoms with Crippen molar-refractivity contribution >= 4 is 5.91 Å². The first-order chi connectivity index (χ1) is 9.65. The van der Waals surface area contributed by atoms with Crippen molar-refractivity contribution in [3.63, 3.8) is 0 Å². The van der Waals surface area contributed by atoms with Gasteiger partial charge in [0.25, 0.3) is 0 Å². The molecule has 1 saturated carbocycles. The summed E-state index contributed by atoms with van der Waals surface area (Å²) in [5, 5.41) is 3.10. The highest BCUT2D eigenvalue weighted by molar-refractivity contribution is 5.91. The van der Waals surface area contributed by atoms with Gasteiger partial charge in [0.2, 0.25) is 5.91 Å². The molecule has 1 amide bonds. The van der Waals surface area contributed by atoms with Crippen LogP contribution in [0, 0.1) is 0 Å². The molecular weight excluding hydrogens is 254 g/mol. The summed E-state index contributed by atoms with van der Waals surface area (Å²) in [6.45, 7) is 5.28. The molecule has 1 aromatic carbocycles. The number of fused-ring (bicyclic) bond motifs is 1. The molecule has 20 heavy (non-hydrogen) atoms. The first kappa shape index (κ1) is 13.3.